The van der Waals surface area contributed by atoms with E-state index in [0.29, 0.717) is 12.6 Å². The minimum Gasteiger partial charge on any atom is -0.313 e. The molecule has 0 aromatic rings. The minimum atomic E-state index is -3.00. The molecule has 0 atom stereocenters. The fourth-order valence-corrected chi connectivity index (χ4v) is 3.58. The smallest absolute Gasteiger partial charge is 0.215 e. The quantitative estimate of drug-likeness (QED) is 0.785. The second kappa shape index (κ2) is 5.47. The molecule has 94 valence electrons. The Morgan fingerprint density at radius 3 is 2.25 bits per heavy atom. The van der Waals surface area contributed by atoms with E-state index in [9.17, 15) is 8.42 Å². The Bertz CT molecular complexity index is 304. The van der Waals surface area contributed by atoms with Crippen molar-refractivity contribution >= 4 is 10.0 Å². The van der Waals surface area contributed by atoms with E-state index in [1.165, 1.54) is 25.7 Å². The van der Waals surface area contributed by atoms with Gasteiger partial charge in [-0.1, -0.05) is 12.8 Å². The van der Waals surface area contributed by atoms with E-state index >= 15 is 0 Å². The fraction of sp³-hybridized carbons (Fsp3) is 1.00. The maximum absolute atomic E-state index is 12.0. The van der Waals surface area contributed by atoms with Crippen LogP contribution in [0.5, 0.6) is 0 Å². The molecular weight excluding hydrogens is 224 g/mol. The minimum absolute atomic E-state index is 0.267. The lowest BCUT2D eigenvalue weighted by molar-refractivity contribution is 0.422. The van der Waals surface area contributed by atoms with E-state index in [1.807, 2.05) is 0 Å². The molecule has 2 fully saturated rings. The van der Waals surface area contributed by atoms with Gasteiger partial charge in [-0.15, -0.1) is 0 Å². The Morgan fingerprint density at radius 1 is 1.06 bits per heavy atom. The summed E-state index contributed by atoms with van der Waals surface area (Å²) in [5.41, 5.74) is 0. The molecule has 0 amide bonds. The van der Waals surface area contributed by atoms with Gasteiger partial charge in [-0.25, -0.2) is 12.7 Å². The standard InChI is InChI=1S/C11H22N2O2S/c14-16(15,10-7-12-11-5-6-11)13-8-3-1-2-4-9-13/h11-12H,1-10H2. The molecule has 5 heteroatoms. The molecule has 0 spiro atoms. The van der Waals surface area contributed by atoms with E-state index in [-0.39, 0.29) is 5.75 Å². The van der Waals surface area contributed by atoms with Crippen LogP contribution in [0.25, 0.3) is 0 Å². The summed E-state index contributed by atoms with van der Waals surface area (Å²) in [5.74, 6) is 0.267. The van der Waals surface area contributed by atoms with Crippen molar-refractivity contribution in [1.29, 1.82) is 0 Å². The van der Waals surface area contributed by atoms with Crippen LogP contribution in [-0.2, 0) is 10.0 Å². The third-order valence-corrected chi connectivity index (χ3v) is 5.20. The van der Waals surface area contributed by atoms with Gasteiger partial charge in [0.2, 0.25) is 10.0 Å². The maximum Gasteiger partial charge on any atom is 0.215 e. The number of hydrogen-bond acceptors (Lipinski definition) is 3. The monoisotopic (exact) mass is 246 g/mol. The summed E-state index contributed by atoms with van der Waals surface area (Å²) >= 11 is 0. The third kappa shape index (κ3) is 3.71. The molecule has 0 unspecified atom stereocenters. The first-order chi connectivity index (χ1) is 7.68. The highest BCUT2D eigenvalue weighted by Gasteiger charge is 2.24. The summed E-state index contributed by atoms with van der Waals surface area (Å²) in [6.07, 6.45) is 6.82. The van der Waals surface area contributed by atoms with Gasteiger partial charge in [0.25, 0.3) is 0 Å². The average Bonchev–Trinajstić information content (AvgIpc) is 3.03. The molecule has 0 bridgehead atoms. The Labute approximate surface area is 98.4 Å². The number of hydrogen-bond donors (Lipinski definition) is 1. The van der Waals surface area contributed by atoms with Gasteiger partial charge in [-0.2, -0.15) is 0 Å². The zero-order valence-electron chi connectivity index (χ0n) is 9.82. The van der Waals surface area contributed by atoms with Gasteiger partial charge < -0.3 is 5.32 Å². The summed E-state index contributed by atoms with van der Waals surface area (Å²) < 4.78 is 25.7. The molecule has 1 saturated heterocycles. The number of nitrogens with one attached hydrogen (secondary N) is 1. The van der Waals surface area contributed by atoms with Crippen LogP contribution in [0.4, 0.5) is 0 Å². The van der Waals surface area contributed by atoms with Crippen molar-refractivity contribution < 1.29 is 8.42 Å². The molecule has 0 aromatic carbocycles. The van der Waals surface area contributed by atoms with Crippen LogP contribution in [0.1, 0.15) is 38.5 Å². The van der Waals surface area contributed by atoms with Gasteiger partial charge in [0.1, 0.15) is 0 Å². The fourth-order valence-electron chi connectivity index (χ4n) is 2.13. The van der Waals surface area contributed by atoms with Crippen molar-refractivity contribution in [3.63, 3.8) is 0 Å². The highest BCUT2D eigenvalue weighted by Crippen LogP contribution is 2.18. The SMILES string of the molecule is O=S(=O)(CCNC1CC1)N1CCCCCC1. The van der Waals surface area contributed by atoms with Crippen molar-refractivity contribution in [2.75, 3.05) is 25.4 Å². The lowest BCUT2D eigenvalue weighted by Crippen LogP contribution is -2.37. The van der Waals surface area contributed by atoms with Gasteiger partial charge in [-0.05, 0) is 25.7 Å². The summed E-state index contributed by atoms with van der Waals surface area (Å²) in [6, 6.07) is 0.597. The number of rotatable bonds is 5. The maximum atomic E-state index is 12.0. The van der Waals surface area contributed by atoms with Gasteiger partial charge in [0.15, 0.2) is 0 Å². The summed E-state index contributed by atoms with van der Waals surface area (Å²) in [4.78, 5) is 0. The molecule has 1 heterocycles. The van der Waals surface area contributed by atoms with Crippen molar-refractivity contribution in [2.45, 2.75) is 44.6 Å². The van der Waals surface area contributed by atoms with Crippen LogP contribution in [0.3, 0.4) is 0 Å². The van der Waals surface area contributed by atoms with Crippen LogP contribution in [0, 0.1) is 0 Å². The molecule has 0 aromatic heterocycles. The Kier molecular flexibility index (Phi) is 4.21. The second-order valence-corrected chi connectivity index (χ2v) is 6.95. The van der Waals surface area contributed by atoms with Gasteiger partial charge in [0.05, 0.1) is 5.75 Å². The second-order valence-electron chi connectivity index (χ2n) is 4.86. The van der Waals surface area contributed by atoms with Gasteiger partial charge in [0, 0.05) is 25.7 Å². The van der Waals surface area contributed by atoms with E-state index in [1.54, 1.807) is 4.31 Å². The predicted octanol–water partition coefficient (Wildman–Crippen LogP) is 0.944. The molecular formula is C11H22N2O2S. The molecule has 0 radical (unpaired) electrons. The van der Waals surface area contributed by atoms with E-state index in [4.69, 9.17) is 0 Å². The topological polar surface area (TPSA) is 49.4 Å². The number of sulfonamides is 1. The molecule has 1 saturated carbocycles. The zero-order chi connectivity index (χ0) is 11.4. The van der Waals surface area contributed by atoms with Crippen LogP contribution in [0.15, 0.2) is 0 Å². The van der Waals surface area contributed by atoms with Crippen LogP contribution >= 0.6 is 0 Å². The largest absolute Gasteiger partial charge is 0.313 e. The zero-order valence-corrected chi connectivity index (χ0v) is 10.6. The lowest BCUT2D eigenvalue weighted by Gasteiger charge is -2.19. The van der Waals surface area contributed by atoms with E-state index < -0.39 is 10.0 Å². The lowest BCUT2D eigenvalue weighted by atomic mass is 10.2. The van der Waals surface area contributed by atoms with Crippen LogP contribution < -0.4 is 5.32 Å². The summed E-state index contributed by atoms with van der Waals surface area (Å²) in [6.45, 7) is 2.07. The average molecular weight is 246 g/mol. The molecule has 2 aliphatic rings. The third-order valence-electron chi connectivity index (χ3n) is 3.33. The highest BCUT2D eigenvalue weighted by molar-refractivity contribution is 7.89. The Hall–Kier alpha value is -0.130. The first-order valence-corrected chi connectivity index (χ1v) is 8.00. The Balaban J connectivity index is 1.78. The Morgan fingerprint density at radius 2 is 1.69 bits per heavy atom. The molecule has 1 aliphatic heterocycles. The van der Waals surface area contributed by atoms with Crippen LogP contribution in [0.2, 0.25) is 0 Å². The van der Waals surface area contributed by atoms with Gasteiger partial charge in [-0.3, -0.25) is 0 Å². The summed E-state index contributed by atoms with van der Waals surface area (Å²) in [5, 5.41) is 3.26. The van der Waals surface area contributed by atoms with Crippen molar-refractivity contribution in [3.8, 4) is 0 Å². The molecule has 1 aliphatic carbocycles. The molecule has 4 nitrogen and oxygen atoms in total. The van der Waals surface area contributed by atoms with Crippen molar-refractivity contribution in [1.82, 2.24) is 9.62 Å². The van der Waals surface area contributed by atoms with Crippen LogP contribution in [-0.4, -0.2) is 44.2 Å². The highest BCUT2D eigenvalue weighted by atomic mass is 32.2. The van der Waals surface area contributed by atoms with Crippen molar-refractivity contribution in [2.24, 2.45) is 0 Å². The first kappa shape index (κ1) is 12.3. The number of nitrogens with zero attached hydrogens (tertiary/aromatic N) is 1. The normalized spacial score (nSPS) is 24.2. The van der Waals surface area contributed by atoms with Gasteiger partial charge >= 0.3 is 0 Å². The van der Waals surface area contributed by atoms with Crippen molar-refractivity contribution in [3.05, 3.63) is 0 Å². The summed E-state index contributed by atoms with van der Waals surface area (Å²) in [7, 11) is -3.00. The molecule has 1 N–H and O–H groups in total. The predicted molar refractivity (Wildman–Crippen MR) is 64.9 cm³/mol. The molecule has 16 heavy (non-hydrogen) atoms. The molecule has 2 rings (SSSR count). The van der Waals surface area contributed by atoms with E-state index in [0.717, 1.165) is 25.9 Å². The first-order valence-electron chi connectivity index (χ1n) is 6.40. The van der Waals surface area contributed by atoms with E-state index in [2.05, 4.69) is 5.32 Å².